The lowest BCUT2D eigenvalue weighted by Gasteiger charge is -2.30. The van der Waals surface area contributed by atoms with Crippen LogP contribution in [0.4, 0.5) is 11.5 Å². The maximum atomic E-state index is 11.0. The highest BCUT2D eigenvalue weighted by molar-refractivity contribution is 5.56. The molecule has 0 aliphatic carbocycles. The van der Waals surface area contributed by atoms with Crippen LogP contribution in [-0.4, -0.2) is 41.0 Å². The summed E-state index contributed by atoms with van der Waals surface area (Å²) in [5.74, 6) is 1.19. The first kappa shape index (κ1) is 14.7. The molecule has 0 radical (unpaired) electrons. The van der Waals surface area contributed by atoms with Crippen LogP contribution in [-0.2, 0) is 0 Å². The van der Waals surface area contributed by atoms with E-state index in [2.05, 4.69) is 22.1 Å². The molecule has 1 aliphatic rings. The van der Waals surface area contributed by atoms with Crippen LogP contribution in [0.5, 0.6) is 0 Å². The average molecular weight is 278 g/mol. The number of aryl methyl sites for hydroxylation is 1. The van der Waals surface area contributed by atoms with Crippen molar-refractivity contribution < 1.29 is 4.92 Å². The van der Waals surface area contributed by atoms with Gasteiger partial charge in [-0.05, 0) is 44.3 Å². The zero-order chi connectivity index (χ0) is 14.5. The Hall–Kier alpha value is -1.69. The summed E-state index contributed by atoms with van der Waals surface area (Å²) in [5.41, 5.74) is 0.851. The molecule has 1 saturated heterocycles. The van der Waals surface area contributed by atoms with E-state index in [1.807, 2.05) is 0 Å². The number of rotatable bonds is 5. The van der Waals surface area contributed by atoms with Crippen molar-refractivity contribution >= 4 is 11.5 Å². The molecule has 1 aromatic heterocycles. The number of nitro groups is 1. The van der Waals surface area contributed by atoms with Crippen molar-refractivity contribution in [3.8, 4) is 0 Å². The van der Waals surface area contributed by atoms with Gasteiger partial charge in [0.2, 0.25) is 5.82 Å². The number of likely N-dealkylation sites (tertiary alicyclic amines) is 1. The third-order valence-corrected chi connectivity index (χ3v) is 3.80. The minimum Gasteiger partial charge on any atom is -0.363 e. The van der Waals surface area contributed by atoms with E-state index in [0.717, 1.165) is 31.1 Å². The zero-order valence-corrected chi connectivity index (χ0v) is 12.1. The van der Waals surface area contributed by atoms with Gasteiger partial charge >= 0.3 is 5.69 Å². The standard InChI is InChI=1S/C14H22N4O2/c1-11-3-6-17(7-4-11)8-5-15-14-13(18(19)20)9-12(2)10-16-14/h9-11H,3-8H2,1-2H3,(H,15,16). The Kier molecular flexibility index (Phi) is 4.89. The van der Waals surface area contributed by atoms with Gasteiger partial charge in [-0.1, -0.05) is 6.92 Å². The first-order chi connectivity index (χ1) is 9.56. The molecule has 6 nitrogen and oxygen atoms in total. The maximum absolute atomic E-state index is 11.0. The third kappa shape index (κ3) is 3.90. The van der Waals surface area contributed by atoms with Gasteiger partial charge in [-0.3, -0.25) is 10.1 Å². The van der Waals surface area contributed by atoms with Gasteiger partial charge in [-0.15, -0.1) is 0 Å². The molecule has 1 aliphatic heterocycles. The van der Waals surface area contributed by atoms with Gasteiger partial charge in [0.1, 0.15) is 0 Å². The second-order valence-corrected chi connectivity index (χ2v) is 5.59. The molecule has 1 fully saturated rings. The monoisotopic (exact) mass is 278 g/mol. The highest BCUT2D eigenvalue weighted by Gasteiger charge is 2.17. The Morgan fingerprint density at radius 2 is 2.20 bits per heavy atom. The Morgan fingerprint density at radius 1 is 1.50 bits per heavy atom. The zero-order valence-electron chi connectivity index (χ0n) is 12.1. The average Bonchev–Trinajstić information content (AvgIpc) is 2.42. The predicted molar refractivity (Wildman–Crippen MR) is 79.0 cm³/mol. The summed E-state index contributed by atoms with van der Waals surface area (Å²) in [4.78, 5) is 17.1. The first-order valence-electron chi connectivity index (χ1n) is 7.13. The second-order valence-electron chi connectivity index (χ2n) is 5.59. The van der Waals surface area contributed by atoms with Crippen molar-refractivity contribution in [2.45, 2.75) is 26.7 Å². The normalized spacial score (nSPS) is 17.1. The van der Waals surface area contributed by atoms with E-state index >= 15 is 0 Å². The lowest BCUT2D eigenvalue weighted by molar-refractivity contribution is -0.384. The minimum atomic E-state index is -0.384. The number of nitrogens with one attached hydrogen (secondary N) is 1. The van der Waals surface area contributed by atoms with Gasteiger partial charge in [0, 0.05) is 25.4 Å². The molecule has 2 rings (SSSR count). The fourth-order valence-corrected chi connectivity index (χ4v) is 2.45. The number of hydrogen-bond acceptors (Lipinski definition) is 5. The summed E-state index contributed by atoms with van der Waals surface area (Å²) >= 11 is 0. The molecule has 1 aromatic rings. The fraction of sp³-hybridized carbons (Fsp3) is 0.643. The van der Waals surface area contributed by atoms with Gasteiger partial charge in [0.15, 0.2) is 0 Å². The van der Waals surface area contributed by atoms with Crippen molar-refractivity contribution in [1.29, 1.82) is 0 Å². The largest absolute Gasteiger partial charge is 0.363 e. The molecule has 0 unspecified atom stereocenters. The first-order valence-corrected chi connectivity index (χ1v) is 7.13. The molecule has 2 heterocycles. The highest BCUT2D eigenvalue weighted by atomic mass is 16.6. The Balaban J connectivity index is 1.86. The van der Waals surface area contributed by atoms with Crippen LogP contribution < -0.4 is 5.32 Å². The van der Waals surface area contributed by atoms with Crippen LogP contribution >= 0.6 is 0 Å². The predicted octanol–water partition coefficient (Wildman–Crippen LogP) is 2.44. The van der Waals surface area contributed by atoms with Crippen molar-refractivity contribution in [1.82, 2.24) is 9.88 Å². The Labute approximate surface area is 119 Å². The fourth-order valence-electron chi connectivity index (χ4n) is 2.45. The van der Waals surface area contributed by atoms with E-state index in [1.165, 1.54) is 12.8 Å². The molecular formula is C14H22N4O2. The second kappa shape index (κ2) is 6.65. The van der Waals surface area contributed by atoms with Gasteiger partial charge in [-0.2, -0.15) is 0 Å². The van der Waals surface area contributed by atoms with E-state index in [1.54, 1.807) is 19.2 Å². The minimum absolute atomic E-state index is 0.0530. The molecular weight excluding hydrogens is 256 g/mol. The van der Waals surface area contributed by atoms with Gasteiger partial charge in [0.25, 0.3) is 0 Å². The van der Waals surface area contributed by atoms with Gasteiger partial charge < -0.3 is 10.2 Å². The smallest absolute Gasteiger partial charge is 0.311 e. The molecule has 1 N–H and O–H groups in total. The van der Waals surface area contributed by atoms with Gasteiger partial charge in [-0.25, -0.2) is 4.98 Å². The Bertz CT molecular complexity index is 470. The molecule has 110 valence electrons. The van der Waals surface area contributed by atoms with Crippen molar-refractivity contribution in [3.63, 3.8) is 0 Å². The van der Waals surface area contributed by atoms with Crippen LogP contribution in [0, 0.1) is 23.0 Å². The maximum Gasteiger partial charge on any atom is 0.311 e. The van der Waals surface area contributed by atoms with E-state index in [0.29, 0.717) is 12.4 Å². The summed E-state index contributed by atoms with van der Waals surface area (Å²) in [6.45, 7) is 7.91. The molecule has 0 atom stereocenters. The molecule has 0 saturated carbocycles. The van der Waals surface area contributed by atoms with E-state index in [9.17, 15) is 10.1 Å². The molecule has 20 heavy (non-hydrogen) atoms. The van der Waals surface area contributed by atoms with Crippen LogP contribution in [0.3, 0.4) is 0 Å². The number of aromatic nitrogens is 1. The number of pyridine rings is 1. The number of piperidine rings is 1. The lowest BCUT2D eigenvalue weighted by Crippen LogP contribution is -2.36. The van der Waals surface area contributed by atoms with E-state index < -0.39 is 0 Å². The number of hydrogen-bond donors (Lipinski definition) is 1. The molecule has 0 spiro atoms. The summed E-state index contributed by atoms with van der Waals surface area (Å²) in [7, 11) is 0. The van der Waals surface area contributed by atoms with Crippen LogP contribution in [0.2, 0.25) is 0 Å². The van der Waals surface area contributed by atoms with Crippen molar-refractivity contribution in [3.05, 3.63) is 27.9 Å². The Morgan fingerprint density at radius 3 is 2.85 bits per heavy atom. The third-order valence-electron chi connectivity index (χ3n) is 3.80. The van der Waals surface area contributed by atoms with Crippen LogP contribution in [0.25, 0.3) is 0 Å². The molecule has 0 aromatic carbocycles. The molecule has 0 amide bonds. The molecule has 0 bridgehead atoms. The highest BCUT2D eigenvalue weighted by Crippen LogP contribution is 2.22. The topological polar surface area (TPSA) is 71.3 Å². The number of nitrogens with zero attached hydrogens (tertiary/aromatic N) is 3. The summed E-state index contributed by atoms with van der Waals surface area (Å²) in [6.07, 6.45) is 4.13. The lowest BCUT2D eigenvalue weighted by atomic mass is 9.99. The summed E-state index contributed by atoms with van der Waals surface area (Å²) in [5, 5.41) is 14.1. The SMILES string of the molecule is Cc1cnc(NCCN2CCC(C)CC2)c([N+](=O)[O-])c1. The van der Waals surface area contributed by atoms with E-state index in [-0.39, 0.29) is 10.6 Å². The van der Waals surface area contributed by atoms with Crippen molar-refractivity contribution in [2.75, 3.05) is 31.5 Å². The van der Waals surface area contributed by atoms with E-state index in [4.69, 9.17) is 0 Å². The van der Waals surface area contributed by atoms with Crippen molar-refractivity contribution in [2.24, 2.45) is 5.92 Å². The van der Waals surface area contributed by atoms with Crippen LogP contribution in [0.15, 0.2) is 12.3 Å². The van der Waals surface area contributed by atoms with Gasteiger partial charge in [0.05, 0.1) is 4.92 Å². The molecule has 6 heteroatoms. The van der Waals surface area contributed by atoms with Crippen LogP contribution in [0.1, 0.15) is 25.3 Å². The summed E-state index contributed by atoms with van der Waals surface area (Å²) < 4.78 is 0. The quantitative estimate of drug-likeness (QED) is 0.661. The summed E-state index contributed by atoms with van der Waals surface area (Å²) in [6, 6.07) is 1.55. The number of anilines is 1.